The van der Waals surface area contributed by atoms with Crippen molar-refractivity contribution in [3.63, 3.8) is 0 Å². The number of aromatic nitrogens is 1. The van der Waals surface area contributed by atoms with E-state index in [2.05, 4.69) is 26.6 Å². The van der Waals surface area contributed by atoms with Crippen LogP contribution in [-0.4, -0.2) is 41.6 Å². The van der Waals surface area contributed by atoms with Crippen molar-refractivity contribution in [2.24, 2.45) is 0 Å². The van der Waals surface area contributed by atoms with Crippen molar-refractivity contribution in [3.8, 4) is 0 Å². The summed E-state index contributed by atoms with van der Waals surface area (Å²) in [5.41, 5.74) is 3.02. The Morgan fingerprint density at radius 1 is 1.17 bits per heavy atom. The van der Waals surface area contributed by atoms with Gasteiger partial charge in [-0.3, -0.25) is 9.69 Å². The summed E-state index contributed by atoms with van der Waals surface area (Å²) in [5, 5.41) is 13.8. The van der Waals surface area contributed by atoms with Gasteiger partial charge in [0.1, 0.15) is 5.82 Å². The number of nitrogens with one attached hydrogen (secondary N) is 3. The predicted molar refractivity (Wildman–Crippen MR) is 119 cm³/mol. The van der Waals surface area contributed by atoms with Crippen LogP contribution in [0.5, 0.6) is 0 Å². The molecule has 0 radical (unpaired) electrons. The zero-order chi connectivity index (χ0) is 20.5. The summed E-state index contributed by atoms with van der Waals surface area (Å²) in [4.78, 5) is 18.6. The van der Waals surface area contributed by atoms with E-state index in [9.17, 15) is 4.79 Å². The Labute approximate surface area is 172 Å². The van der Waals surface area contributed by atoms with Crippen molar-refractivity contribution in [1.29, 1.82) is 5.41 Å². The molecule has 3 rings (SSSR count). The number of hydrogen-bond acceptors (Lipinski definition) is 5. The van der Waals surface area contributed by atoms with E-state index in [4.69, 9.17) is 5.41 Å². The molecule has 1 aromatic heterocycles. The maximum atomic E-state index is 11.6. The van der Waals surface area contributed by atoms with Crippen molar-refractivity contribution < 1.29 is 4.79 Å². The third kappa shape index (κ3) is 6.26. The van der Waals surface area contributed by atoms with Crippen molar-refractivity contribution in [2.75, 3.05) is 30.3 Å². The second-order valence-electron chi connectivity index (χ2n) is 7.27. The monoisotopic (exact) mass is 391 g/mol. The quantitative estimate of drug-likeness (QED) is 0.588. The summed E-state index contributed by atoms with van der Waals surface area (Å²) in [6.45, 7) is 4.53. The van der Waals surface area contributed by atoms with Crippen LogP contribution in [0.1, 0.15) is 37.8 Å². The molecule has 0 spiro atoms. The molecule has 0 saturated carbocycles. The minimum atomic E-state index is -0.0143. The highest BCUT2D eigenvalue weighted by Gasteiger charge is 2.22. The number of hydrogen-bond donors (Lipinski definition) is 3. The van der Waals surface area contributed by atoms with Gasteiger partial charge in [-0.2, -0.15) is 0 Å². The van der Waals surface area contributed by atoms with Crippen LogP contribution in [0.3, 0.4) is 0 Å². The van der Waals surface area contributed by atoms with Gasteiger partial charge in [0.25, 0.3) is 0 Å². The molecule has 3 N–H and O–H groups in total. The van der Waals surface area contributed by atoms with E-state index in [1.807, 2.05) is 55.6 Å². The van der Waals surface area contributed by atoms with Crippen LogP contribution in [0.25, 0.3) is 0 Å². The van der Waals surface area contributed by atoms with Crippen LogP contribution in [0.15, 0.2) is 60.3 Å². The lowest BCUT2D eigenvalue weighted by Crippen LogP contribution is -2.35. The van der Waals surface area contributed by atoms with E-state index in [0.29, 0.717) is 18.2 Å². The number of amides is 1. The van der Waals surface area contributed by atoms with Crippen LogP contribution in [-0.2, 0) is 4.79 Å². The molecule has 1 amide bonds. The number of pyridine rings is 1. The standard InChI is InChI=1S/C23H29N5O/c1-2-23(29)27-22-10-6-9-21(26-22)19-11-13-28(14-12-19)17-18(15-24)16-25-20-7-4-3-5-8-20/h3-10,15-16,19,24-25H,2,11-14,17H2,1H3,(H,26,27,29)/b18-16+,24-15?. The Morgan fingerprint density at radius 2 is 1.93 bits per heavy atom. The summed E-state index contributed by atoms with van der Waals surface area (Å²) in [5.74, 6) is 1.02. The van der Waals surface area contributed by atoms with Crippen LogP contribution >= 0.6 is 0 Å². The minimum Gasteiger partial charge on any atom is -0.361 e. The number of para-hydroxylation sites is 1. The average molecular weight is 392 g/mol. The van der Waals surface area contributed by atoms with E-state index in [-0.39, 0.29) is 5.91 Å². The molecule has 6 nitrogen and oxygen atoms in total. The SMILES string of the molecule is CCC(=O)Nc1cccc(C2CCN(C/C(C=N)=C/Nc3ccccc3)CC2)n1. The van der Waals surface area contributed by atoms with E-state index in [1.165, 1.54) is 6.21 Å². The van der Waals surface area contributed by atoms with Crippen LogP contribution in [0, 0.1) is 5.41 Å². The topological polar surface area (TPSA) is 81.1 Å². The zero-order valence-electron chi connectivity index (χ0n) is 16.9. The van der Waals surface area contributed by atoms with Crippen molar-refractivity contribution in [1.82, 2.24) is 9.88 Å². The first-order chi connectivity index (χ1) is 14.2. The van der Waals surface area contributed by atoms with Crippen LogP contribution in [0.4, 0.5) is 11.5 Å². The fraction of sp³-hybridized carbons (Fsp3) is 0.348. The maximum absolute atomic E-state index is 11.6. The van der Waals surface area contributed by atoms with Crippen LogP contribution < -0.4 is 10.6 Å². The van der Waals surface area contributed by atoms with Gasteiger partial charge >= 0.3 is 0 Å². The molecular weight excluding hydrogens is 362 g/mol. The molecule has 0 unspecified atom stereocenters. The fourth-order valence-electron chi connectivity index (χ4n) is 3.47. The summed E-state index contributed by atoms with van der Waals surface area (Å²) >= 11 is 0. The second kappa shape index (κ2) is 10.5. The first-order valence-corrected chi connectivity index (χ1v) is 10.2. The summed E-state index contributed by atoms with van der Waals surface area (Å²) in [6.07, 6.45) is 5.83. The molecule has 2 heterocycles. The number of nitrogens with zero attached hydrogens (tertiary/aromatic N) is 2. The highest BCUT2D eigenvalue weighted by atomic mass is 16.1. The third-order valence-corrected chi connectivity index (χ3v) is 5.15. The number of carbonyl (C=O) groups is 1. The maximum Gasteiger partial charge on any atom is 0.225 e. The lowest BCUT2D eigenvalue weighted by Gasteiger charge is -2.32. The molecule has 1 aliphatic rings. The largest absolute Gasteiger partial charge is 0.361 e. The summed E-state index contributed by atoms with van der Waals surface area (Å²) < 4.78 is 0. The highest BCUT2D eigenvalue weighted by molar-refractivity contribution is 5.89. The zero-order valence-corrected chi connectivity index (χ0v) is 16.9. The van der Waals surface area contributed by atoms with Gasteiger partial charge < -0.3 is 16.0 Å². The summed E-state index contributed by atoms with van der Waals surface area (Å²) in [6, 6.07) is 15.8. The third-order valence-electron chi connectivity index (χ3n) is 5.15. The second-order valence-corrected chi connectivity index (χ2v) is 7.27. The molecule has 152 valence electrons. The molecule has 0 atom stereocenters. The minimum absolute atomic E-state index is 0.0143. The number of carbonyl (C=O) groups excluding carboxylic acids is 1. The normalized spacial score (nSPS) is 15.7. The Balaban J connectivity index is 1.52. The van der Waals surface area contributed by atoms with Gasteiger partial charge in [-0.1, -0.05) is 31.2 Å². The summed E-state index contributed by atoms with van der Waals surface area (Å²) in [7, 11) is 0. The Bertz CT molecular complexity index is 841. The molecule has 2 aromatic rings. The van der Waals surface area contributed by atoms with E-state index in [1.54, 1.807) is 0 Å². The number of anilines is 2. The van der Waals surface area contributed by atoms with Crippen molar-refractivity contribution >= 4 is 23.6 Å². The first kappa shape index (κ1) is 20.7. The van der Waals surface area contributed by atoms with Crippen LogP contribution in [0.2, 0.25) is 0 Å². The number of rotatable bonds is 8. The van der Waals surface area contributed by atoms with Crippen molar-refractivity contribution in [2.45, 2.75) is 32.1 Å². The van der Waals surface area contributed by atoms with Gasteiger partial charge in [0.2, 0.25) is 5.91 Å². The highest BCUT2D eigenvalue weighted by Crippen LogP contribution is 2.27. The molecule has 0 aliphatic carbocycles. The molecule has 29 heavy (non-hydrogen) atoms. The Hall–Kier alpha value is -2.99. The lowest BCUT2D eigenvalue weighted by atomic mass is 9.93. The fourth-order valence-corrected chi connectivity index (χ4v) is 3.47. The van der Waals surface area contributed by atoms with Gasteiger partial charge in [0, 0.05) is 42.7 Å². The van der Waals surface area contributed by atoms with E-state index in [0.717, 1.165) is 49.4 Å². The van der Waals surface area contributed by atoms with Gasteiger partial charge in [-0.25, -0.2) is 4.98 Å². The average Bonchev–Trinajstić information content (AvgIpc) is 2.78. The molecule has 0 bridgehead atoms. The molecule has 6 heteroatoms. The van der Waals surface area contributed by atoms with Gasteiger partial charge in [-0.05, 0) is 55.8 Å². The van der Waals surface area contributed by atoms with Crippen molar-refractivity contribution in [3.05, 3.63) is 66.0 Å². The van der Waals surface area contributed by atoms with E-state index >= 15 is 0 Å². The number of likely N-dealkylation sites (tertiary alicyclic amines) is 1. The lowest BCUT2D eigenvalue weighted by molar-refractivity contribution is -0.115. The molecule has 1 aliphatic heterocycles. The Kier molecular flexibility index (Phi) is 7.53. The number of piperidine rings is 1. The first-order valence-electron chi connectivity index (χ1n) is 10.2. The number of benzene rings is 1. The molecular formula is C23H29N5O. The Morgan fingerprint density at radius 3 is 2.62 bits per heavy atom. The molecule has 1 saturated heterocycles. The van der Waals surface area contributed by atoms with Gasteiger partial charge in [0.05, 0.1) is 0 Å². The van der Waals surface area contributed by atoms with Gasteiger partial charge in [-0.15, -0.1) is 0 Å². The van der Waals surface area contributed by atoms with Gasteiger partial charge in [0.15, 0.2) is 0 Å². The molecule has 1 aromatic carbocycles. The smallest absolute Gasteiger partial charge is 0.225 e. The molecule has 1 fully saturated rings. The predicted octanol–water partition coefficient (Wildman–Crippen LogP) is 4.26. The van der Waals surface area contributed by atoms with E-state index < -0.39 is 0 Å².